The number of hydrogen-bond acceptors (Lipinski definition) is 2. The number of nitrogens with zero attached hydrogens (tertiary/aromatic N) is 1. The Morgan fingerprint density at radius 1 is 1.44 bits per heavy atom. The molecule has 0 radical (unpaired) electrons. The van der Waals surface area contributed by atoms with E-state index in [1.54, 1.807) is 0 Å². The average Bonchev–Trinajstić information content (AvgIpc) is 2.14. The first kappa shape index (κ1) is 12.0. The minimum atomic E-state index is -4.74. The van der Waals surface area contributed by atoms with Gasteiger partial charge in [0, 0.05) is 0 Å². The van der Waals surface area contributed by atoms with Crippen LogP contribution in [0.1, 0.15) is 27.0 Å². The van der Waals surface area contributed by atoms with Crippen LogP contribution in [-0.2, 0) is 6.18 Å². The topological polar surface area (TPSA) is 61.1 Å². The lowest BCUT2D eigenvalue weighted by Gasteiger charge is -2.13. The summed E-state index contributed by atoms with van der Waals surface area (Å²) in [4.78, 5) is 10.7. The minimum Gasteiger partial charge on any atom is -0.478 e. The van der Waals surface area contributed by atoms with E-state index >= 15 is 0 Å². The average molecular weight is 229 g/mol. The van der Waals surface area contributed by atoms with Crippen LogP contribution >= 0.6 is 0 Å². The molecule has 0 unspecified atom stereocenters. The highest BCUT2D eigenvalue weighted by atomic mass is 19.4. The second-order valence-electron chi connectivity index (χ2n) is 3.08. The fourth-order valence-electron chi connectivity index (χ4n) is 1.40. The second-order valence-corrected chi connectivity index (χ2v) is 3.08. The lowest BCUT2D eigenvalue weighted by molar-refractivity contribution is -0.138. The standard InChI is InChI=1S/C10H6F3NO2/c1-5-7(9(15)16)3-2-6(4-14)8(5)10(11,12)13/h2-3H,1H3,(H,15,16). The predicted octanol–water partition coefficient (Wildman–Crippen LogP) is 2.58. The summed E-state index contributed by atoms with van der Waals surface area (Å²) in [6.45, 7) is 1.03. The van der Waals surface area contributed by atoms with Crippen molar-refractivity contribution in [1.82, 2.24) is 0 Å². The van der Waals surface area contributed by atoms with Gasteiger partial charge in [-0.05, 0) is 24.6 Å². The molecule has 0 saturated carbocycles. The van der Waals surface area contributed by atoms with Crippen molar-refractivity contribution in [2.75, 3.05) is 0 Å². The van der Waals surface area contributed by atoms with Crippen LogP contribution in [0, 0.1) is 18.3 Å². The fourth-order valence-corrected chi connectivity index (χ4v) is 1.40. The molecule has 1 aromatic carbocycles. The van der Waals surface area contributed by atoms with E-state index in [1.165, 1.54) is 6.07 Å². The van der Waals surface area contributed by atoms with Gasteiger partial charge < -0.3 is 5.11 Å². The third-order valence-electron chi connectivity index (χ3n) is 2.10. The molecule has 6 heteroatoms. The van der Waals surface area contributed by atoms with Gasteiger partial charge in [-0.2, -0.15) is 18.4 Å². The zero-order chi connectivity index (χ0) is 12.5. The van der Waals surface area contributed by atoms with Gasteiger partial charge in [0.15, 0.2) is 0 Å². The van der Waals surface area contributed by atoms with Gasteiger partial charge in [0.05, 0.1) is 22.8 Å². The van der Waals surface area contributed by atoms with Crippen LogP contribution in [0.25, 0.3) is 0 Å². The fraction of sp³-hybridized carbons (Fsp3) is 0.200. The van der Waals surface area contributed by atoms with Gasteiger partial charge in [-0.1, -0.05) is 0 Å². The van der Waals surface area contributed by atoms with Crippen molar-refractivity contribution in [3.63, 3.8) is 0 Å². The molecule has 16 heavy (non-hydrogen) atoms. The maximum absolute atomic E-state index is 12.6. The third kappa shape index (κ3) is 1.98. The Morgan fingerprint density at radius 3 is 2.38 bits per heavy atom. The van der Waals surface area contributed by atoms with Crippen molar-refractivity contribution in [3.05, 3.63) is 34.4 Å². The number of alkyl halides is 3. The van der Waals surface area contributed by atoms with Crippen LogP contribution < -0.4 is 0 Å². The zero-order valence-corrected chi connectivity index (χ0v) is 8.09. The van der Waals surface area contributed by atoms with Crippen LogP contribution in [0.5, 0.6) is 0 Å². The maximum Gasteiger partial charge on any atom is 0.417 e. The first-order valence-electron chi connectivity index (χ1n) is 4.13. The molecule has 0 aliphatic rings. The summed E-state index contributed by atoms with van der Waals surface area (Å²) < 4.78 is 37.8. The third-order valence-corrected chi connectivity index (χ3v) is 2.10. The first-order valence-corrected chi connectivity index (χ1v) is 4.13. The smallest absolute Gasteiger partial charge is 0.417 e. The molecule has 1 aromatic rings. The molecule has 1 rings (SSSR count). The van der Waals surface area contributed by atoms with E-state index in [4.69, 9.17) is 10.4 Å². The van der Waals surface area contributed by atoms with Gasteiger partial charge in [0.2, 0.25) is 0 Å². The van der Waals surface area contributed by atoms with Crippen LogP contribution in [0.2, 0.25) is 0 Å². The highest BCUT2D eigenvalue weighted by molar-refractivity contribution is 5.90. The van der Waals surface area contributed by atoms with Crippen molar-refractivity contribution in [2.24, 2.45) is 0 Å². The molecule has 0 spiro atoms. The molecule has 0 atom stereocenters. The van der Waals surface area contributed by atoms with Crippen LogP contribution in [0.3, 0.4) is 0 Å². The molecule has 0 aliphatic carbocycles. The van der Waals surface area contributed by atoms with Crippen molar-refractivity contribution < 1.29 is 23.1 Å². The van der Waals surface area contributed by atoms with E-state index in [0.29, 0.717) is 0 Å². The molecule has 0 aliphatic heterocycles. The summed E-state index contributed by atoms with van der Waals surface area (Å²) in [6.07, 6.45) is -4.74. The number of carbonyl (C=O) groups is 1. The van der Waals surface area contributed by atoms with E-state index in [0.717, 1.165) is 19.1 Å². The van der Waals surface area contributed by atoms with E-state index in [1.807, 2.05) is 0 Å². The summed E-state index contributed by atoms with van der Waals surface area (Å²) in [7, 11) is 0. The molecule has 0 fully saturated rings. The van der Waals surface area contributed by atoms with Crippen LogP contribution in [0.15, 0.2) is 12.1 Å². The van der Waals surface area contributed by atoms with Gasteiger partial charge in [-0.25, -0.2) is 4.79 Å². The molecular formula is C10H6F3NO2. The zero-order valence-electron chi connectivity index (χ0n) is 8.09. The minimum absolute atomic E-state index is 0.445. The van der Waals surface area contributed by atoms with Crippen LogP contribution in [-0.4, -0.2) is 11.1 Å². The van der Waals surface area contributed by atoms with Gasteiger partial charge in [0.25, 0.3) is 0 Å². The lowest BCUT2D eigenvalue weighted by Crippen LogP contribution is -2.13. The highest BCUT2D eigenvalue weighted by Gasteiger charge is 2.36. The number of hydrogen-bond donors (Lipinski definition) is 1. The number of aromatic carboxylic acids is 1. The number of carboxylic acid groups (broad SMARTS) is 1. The Kier molecular flexibility index (Phi) is 2.90. The lowest BCUT2D eigenvalue weighted by atomic mass is 9.97. The van der Waals surface area contributed by atoms with Crippen molar-refractivity contribution in [1.29, 1.82) is 5.26 Å². The summed E-state index contributed by atoms with van der Waals surface area (Å²) in [5, 5.41) is 17.2. The summed E-state index contributed by atoms with van der Waals surface area (Å²) in [5.74, 6) is -1.45. The Bertz CT molecular complexity index is 486. The monoisotopic (exact) mass is 229 g/mol. The van der Waals surface area contributed by atoms with Crippen molar-refractivity contribution in [3.8, 4) is 6.07 Å². The number of nitriles is 1. The van der Waals surface area contributed by atoms with E-state index in [-0.39, 0.29) is 0 Å². The SMILES string of the molecule is Cc1c(C(=O)O)ccc(C#N)c1C(F)(F)F. The molecule has 0 heterocycles. The number of benzene rings is 1. The summed E-state index contributed by atoms with van der Waals surface area (Å²) >= 11 is 0. The maximum atomic E-state index is 12.6. The Morgan fingerprint density at radius 2 is 2.00 bits per heavy atom. The highest BCUT2D eigenvalue weighted by Crippen LogP contribution is 2.35. The predicted molar refractivity (Wildman–Crippen MR) is 47.9 cm³/mol. The Labute approximate surface area is 88.7 Å². The van der Waals surface area contributed by atoms with E-state index in [9.17, 15) is 18.0 Å². The molecule has 1 N–H and O–H groups in total. The molecule has 0 saturated heterocycles. The van der Waals surface area contributed by atoms with Crippen molar-refractivity contribution in [2.45, 2.75) is 13.1 Å². The normalized spacial score (nSPS) is 10.9. The largest absolute Gasteiger partial charge is 0.478 e. The first-order chi connectivity index (χ1) is 7.29. The molecular weight excluding hydrogens is 223 g/mol. The summed E-state index contributed by atoms with van der Waals surface area (Å²) in [5.41, 5.74) is -2.66. The van der Waals surface area contributed by atoms with E-state index < -0.39 is 34.4 Å². The molecule has 3 nitrogen and oxygen atoms in total. The van der Waals surface area contributed by atoms with Crippen molar-refractivity contribution >= 4 is 5.97 Å². The number of carboxylic acids is 1. The number of rotatable bonds is 1. The van der Waals surface area contributed by atoms with Crippen LogP contribution in [0.4, 0.5) is 13.2 Å². The van der Waals surface area contributed by atoms with Gasteiger partial charge in [0.1, 0.15) is 0 Å². The number of halogens is 3. The van der Waals surface area contributed by atoms with Gasteiger partial charge in [-0.3, -0.25) is 0 Å². The van der Waals surface area contributed by atoms with Gasteiger partial charge in [-0.15, -0.1) is 0 Å². The quantitative estimate of drug-likeness (QED) is 0.804. The molecule has 0 bridgehead atoms. The second kappa shape index (κ2) is 3.85. The van der Waals surface area contributed by atoms with Gasteiger partial charge >= 0.3 is 12.1 Å². The molecule has 0 aromatic heterocycles. The van der Waals surface area contributed by atoms with E-state index in [2.05, 4.69) is 0 Å². The summed E-state index contributed by atoms with van der Waals surface area (Å²) in [6, 6.07) is 3.25. The Hall–Kier alpha value is -2.03. The molecule has 0 amide bonds. The molecule has 84 valence electrons. The Balaban J connectivity index is 3.62.